The highest BCUT2D eigenvalue weighted by Gasteiger charge is 2.16. The van der Waals surface area contributed by atoms with Crippen molar-refractivity contribution in [2.24, 2.45) is 0 Å². The zero-order valence-electron chi connectivity index (χ0n) is 7.63. The van der Waals surface area contributed by atoms with Crippen LogP contribution >= 0.6 is 15.9 Å². The van der Waals surface area contributed by atoms with Crippen LogP contribution in [0.5, 0.6) is 5.75 Å². The molecule has 1 N–H and O–H groups in total. The van der Waals surface area contributed by atoms with E-state index in [1.54, 1.807) is 0 Å². The van der Waals surface area contributed by atoms with Crippen molar-refractivity contribution in [3.05, 3.63) is 40.6 Å². The van der Waals surface area contributed by atoms with Gasteiger partial charge in [0.15, 0.2) is 0 Å². The van der Waals surface area contributed by atoms with Crippen molar-refractivity contribution in [1.82, 2.24) is 0 Å². The minimum Gasteiger partial charge on any atom is -0.496 e. The quantitative estimate of drug-likeness (QED) is 0.848. The molecule has 1 aromatic carbocycles. The maximum absolute atomic E-state index is 13.3. The zero-order chi connectivity index (χ0) is 10.7. The Bertz CT molecular complexity index is 352. The second kappa shape index (κ2) is 4.57. The lowest BCUT2D eigenvalue weighted by atomic mass is 10.1. The Morgan fingerprint density at radius 2 is 2.29 bits per heavy atom. The first-order valence-electron chi connectivity index (χ1n) is 3.94. The summed E-state index contributed by atoms with van der Waals surface area (Å²) in [6, 6.07) is 2.73. The van der Waals surface area contributed by atoms with Crippen molar-refractivity contribution in [3.8, 4) is 5.75 Å². The van der Waals surface area contributed by atoms with E-state index in [-0.39, 0.29) is 5.56 Å². The van der Waals surface area contributed by atoms with Gasteiger partial charge in [0, 0.05) is 5.56 Å². The van der Waals surface area contributed by atoms with Gasteiger partial charge in [-0.05, 0) is 28.1 Å². The van der Waals surface area contributed by atoms with Crippen molar-refractivity contribution in [2.45, 2.75) is 6.10 Å². The number of methoxy groups -OCH3 is 1. The van der Waals surface area contributed by atoms with Gasteiger partial charge in [0.2, 0.25) is 0 Å². The fraction of sp³-hybridized carbons (Fsp3) is 0.200. The van der Waals surface area contributed by atoms with E-state index in [0.29, 0.717) is 10.2 Å². The lowest BCUT2D eigenvalue weighted by molar-refractivity contribution is 0.222. The summed E-state index contributed by atoms with van der Waals surface area (Å²) in [4.78, 5) is 0. The van der Waals surface area contributed by atoms with E-state index in [2.05, 4.69) is 22.5 Å². The average molecular weight is 261 g/mol. The zero-order valence-corrected chi connectivity index (χ0v) is 9.21. The molecule has 1 unspecified atom stereocenters. The second-order valence-electron chi connectivity index (χ2n) is 2.66. The number of aliphatic hydroxyl groups excluding tert-OH is 1. The van der Waals surface area contributed by atoms with Crippen molar-refractivity contribution >= 4 is 15.9 Å². The Kier molecular flexibility index (Phi) is 3.66. The standard InChI is InChI=1S/C10H10BrFO2/c1-3-7(13)9-6(12)4-5-8(14-2)10(9)11/h3-5,7,13H,1H2,2H3. The van der Waals surface area contributed by atoms with Crippen molar-refractivity contribution in [3.63, 3.8) is 0 Å². The van der Waals surface area contributed by atoms with Gasteiger partial charge in [0.05, 0.1) is 11.6 Å². The van der Waals surface area contributed by atoms with Gasteiger partial charge in [-0.1, -0.05) is 6.08 Å². The van der Waals surface area contributed by atoms with Crippen LogP contribution in [0, 0.1) is 5.82 Å². The highest BCUT2D eigenvalue weighted by molar-refractivity contribution is 9.10. The first kappa shape index (κ1) is 11.2. The van der Waals surface area contributed by atoms with E-state index in [9.17, 15) is 9.50 Å². The largest absolute Gasteiger partial charge is 0.496 e. The third-order valence-corrected chi connectivity index (χ3v) is 2.65. The number of ether oxygens (including phenoxy) is 1. The van der Waals surface area contributed by atoms with Crippen molar-refractivity contribution < 1.29 is 14.2 Å². The maximum Gasteiger partial charge on any atom is 0.133 e. The van der Waals surface area contributed by atoms with Crippen LogP contribution in [0.2, 0.25) is 0 Å². The van der Waals surface area contributed by atoms with Crippen LogP contribution < -0.4 is 4.74 Å². The summed E-state index contributed by atoms with van der Waals surface area (Å²) in [7, 11) is 1.47. The predicted molar refractivity (Wildman–Crippen MR) is 55.8 cm³/mol. The van der Waals surface area contributed by atoms with Crippen LogP contribution in [-0.2, 0) is 0 Å². The molecule has 1 aromatic rings. The molecule has 0 radical (unpaired) electrons. The molecule has 0 spiro atoms. The SMILES string of the molecule is C=CC(O)c1c(F)ccc(OC)c1Br. The van der Waals surface area contributed by atoms with Gasteiger partial charge < -0.3 is 9.84 Å². The average Bonchev–Trinajstić information content (AvgIpc) is 2.18. The maximum atomic E-state index is 13.3. The fourth-order valence-electron chi connectivity index (χ4n) is 1.10. The Hall–Kier alpha value is -0.870. The molecular weight excluding hydrogens is 251 g/mol. The molecule has 1 atom stereocenters. The van der Waals surface area contributed by atoms with Crippen molar-refractivity contribution in [1.29, 1.82) is 0 Å². The normalized spacial score (nSPS) is 12.3. The van der Waals surface area contributed by atoms with Gasteiger partial charge >= 0.3 is 0 Å². The first-order chi connectivity index (χ1) is 6.61. The number of hydrogen-bond acceptors (Lipinski definition) is 2. The number of hydrogen-bond donors (Lipinski definition) is 1. The topological polar surface area (TPSA) is 29.5 Å². The van der Waals surface area contributed by atoms with E-state index in [4.69, 9.17) is 4.74 Å². The van der Waals surface area contributed by atoms with Gasteiger partial charge in [0.25, 0.3) is 0 Å². The smallest absolute Gasteiger partial charge is 0.133 e. The Morgan fingerprint density at radius 3 is 2.79 bits per heavy atom. The molecule has 0 heterocycles. The molecule has 0 aliphatic heterocycles. The molecule has 0 saturated carbocycles. The van der Waals surface area contributed by atoms with Crippen molar-refractivity contribution in [2.75, 3.05) is 7.11 Å². The molecule has 0 aliphatic rings. The van der Waals surface area contributed by atoms with E-state index in [1.165, 1.54) is 25.3 Å². The summed E-state index contributed by atoms with van der Waals surface area (Å²) in [5, 5.41) is 9.47. The Balaban J connectivity index is 3.31. The summed E-state index contributed by atoms with van der Waals surface area (Å²) >= 11 is 3.16. The monoisotopic (exact) mass is 260 g/mol. The summed E-state index contributed by atoms with van der Waals surface area (Å²) in [6.45, 7) is 3.40. The number of rotatable bonds is 3. The lowest BCUT2D eigenvalue weighted by Crippen LogP contribution is -2.00. The molecule has 0 bridgehead atoms. The molecule has 0 aromatic heterocycles. The second-order valence-corrected chi connectivity index (χ2v) is 3.45. The van der Waals surface area contributed by atoms with Gasteiger partial charge in [-0.15, -0.1) is 6.58 Å². The van der Waals surface area contributed by atoms with Gasteiger partial charge in [0.1, 0.15) is 17.7 Å². The summed E-state index contributed by atoms with van der Waals surface area (Å²) in [5.41, 5.74) is 0.138. The highest BCUT2D eigenvalue weighted by atomic mass is 79.9. The summed E-state index contributed by atoms with van der Waals surface area (Å²) in [6.07, 6.45) is 0.210. The highest BCUT2D eigenvalue weighted by Crippen LogP contribution is 2.34. The van der Waals surface area contributed by atoms with E-state index in [1.807, 2.05) is 0 Å². The molecule has 0 saturated heterocycles. The van der Waals surface area contributed by atoms with Crippen LogP contribution in [0.1, 0.15) is 11.7 Å². The molecule has 0 aliphatic carbocycles. The summed E-state index contributed by atoms with van der Waals surface area (Å²) < 4.78 is 18.7. The molecule has 1 rings (SSSR count). The summed E-state index contributed by atoms with van der Waals surface area (Å²) in [5.74, 6) is -0.0209. The number of benzene rings is 1. The molecule has 2 nitrogen and oxygen atoms in total. The fourth-order valence-corrected chi connectivity index (χ4v) is 1.81. The van der Waals surface area contributed by atoms with Crippen LogP contribution in [-0.4, -0.2) is 12.2 Å². The molecule has 4 heteroatoms. The third kappa shape index (κ3) is 1.96. The van der Waals surface area contributed by atoms with Crippen LogP contribution in [0.25, 0.3) is 0 Å². The van der Waals surface area contributed by atoms with E-state index >= 15 is 0 Å². The molecule has 14 heavy (non-hydrogen) atoms. The van der Waals surface area contributed by atoms with Crippen LogP contribution in [0.15, 0.2) is 29.3 Å². The minimum atomic E-state index is -1.04. The number of halogens is 2. The predicted octanol–water partition coefficient (Wildman–Crippen LogP) is 2.82. The molecule has 0 amide bonds. The minimum absolute atomic E-state index is 0.138. The first-order valence-corrected chi connectivity index (χ1v) is 4.73. The molecule has 76 valence electrons. The van der Waals surface area contributed by atoms with Crippen LogP contribution in [0.3, 0.4) is 0 Å². The molecular formula is C10H10BrFO2. The van der Waals surface area contributed by atoms with Gasteiger partial charge in [-0.2, -0.15) is 0 Å². The Morgan fingerprint density at radius 1 is 1.64 bits per heavy atom. The van der Waals surface area contributed by atoms with Gasteiger partial charge in [-0.25, -0.2) is 4.39 Å². The van der Waals surface area contributed by atoms with E-state index in [0.717, 1.165) is 0 Å². The van der Waals surface area contributed by atoms with E-state index < -0.39 is 11.9 Å². The lowest BCUT2D eigenvalue weighted by Gasteiger charge is -2.12. The van der Waals surface area contributed by atoms with Crippen LogP contribution in [0.4, 0.5) is 4.39 Å². The number of aliphatic hydroxyl groups is 1. The molecule has 0 fully saturated rings. The van der Waals surface area contributed by atoms with Gasteiger partial charge in [-0.3, -0.25) is 0 Å². The Labute approximate surface area is 90.1 Å². The third-order valence-electron chi connectivity index (χ3n) is 1.83.